The van der Waals surface area contributed by atoms with E-state index >= 15 is 0 Å². The summed E-state index contributed by atoms with van der Waals surface area (Å²) in [6.45, 7) is 1.65. The van der Waals surface area contributed by atoms with Crippen molar-refractivity contribution in [3.05, 3.63) is 53.7 Å². The fourth-order valence-electron chi connectivity index (χ4n) is 1.38. The Morgan fingerprint density at radius 1 is 1.41 bits per heavy atom. The molecule has 1 heterocycles. The molecule has 4 nitrogen and oxygen atoms in total. The molecular formula is C12H11FN2O2. The van der Waals surface area contributed by atoms with Gasteiger partial charge in [-0.15, -0.1) is 0 Å². The molecule has 0 aliphatic carbocycles. The summed E-state index contributed by atoms with van der Waals surface area (Å²) in [5.41, 5.74) is 2.96. The van der Waals surface area contributed by atoms with E-state index in [1.807, 2.05) is 5.48 Å². The van der Waals surface area contributed by atoms with Gasteiger partial charge in [-0.2, -0.15) is 0 Å². The smallest absolute Gasteiger partial charge is 0.193 e. The predicted octanol–water partition coefficient (Wildman–Crippen LogP) is 2.78. The Kier molecular flexibility index (Phi) is 3.20. The second kappa shape index (κ2) is 4.80. The normalized spacial score (nSPS) is 11.6. The van der Waals surface area contributed by atoms with Crippen LogP contribution in [0.3, 0.4) is 0 Å². The van der Waals surface area contributed by atoms with Crippen LogP contribution < -0.4 is 5.48 Å². The number of benzene rings is 1. The number of halogens is 1. The van der Waals surface area contributed by atoms with E-state index in [9.17, 15) is 4.39 Å². The number of hydrogen-bond donors (Lipinski definition) is 2. The van der Waals surface area contributed by atoms with E-state index in [-0.39, 0.29) is 11.7 Å². The van der Waals surface area contributed by atoms with Crippen LogP contribution in [-0.2, 0) is 0 Å². The zero-order chi connectivity index (χ0) is 12.3. The first-order valence-corrected chi connectivity index (χ1v) is 4.99. The van der Waals surface area contributed by atoms with Crippen LogP contribution in [0.25, 0.3) is 0 Å². The molecule has 0 radical (unpaired) electrons. The molecule has 2 aromatic rings. The first kappa shape index (κ1) is 11.3. The molecule has 1 aromatic carbocycles. The lowest BCUT2D eigenvalue weighted by Crippen LogP contribution is -2.19. The average molecular weight is 234 g/mol. The van der Waals surface area contributed by atoms with Gasteiger partial charge in [-0.25, -0.2) is 14.9 Å². The van der Waals surface area contributed by atoms with Gasteiger partial charge in [0.25, 0.3) is 0 Å². The minimum absolute atomic E-state index is 0.168. The molecule has 0 aliphatic rings. The van der Waals surface area contributed by atoms with Crippen LogP contribution in [0.4, 0.5) is 10.1 Å². The van der Waals surface area contributed by atoms with E-state index in [0.717, 1.165) is 0 Å². The summed E-state index contributed by atoms with van der Waals surface area (Å²) in [6, 6.07) is 7.75. The maximum Gasteiger partial charge on any atom is 0.193 e. The molecule has 0 bridgehead atoms. The van der Waals surface area contributed by atoms with Crippen LogP contribution in [0.15, 0.2) is 46.0 Å². The van der Waals surface area contributed by atoms with Crippen LogP contribution in [0.5, 0.6) is 0 Å². The molecule has 0 amide bonds. The SMILES string of the molecule is Cc1cc(N=C(NO)c2ccco2)ccc1F. The van der Waals surface area contributed by atoms with Gasteiger partial charge < -0.3 is 4.42 Å². The fourth-order valence-corrected chi connectivity index (χ4v) is 1.38. The van der Waals surface area contributed by atoms with Crippen molar-refractivity contribution in [2.75, 3.05) is 0 Å². The van der Waals surface area contributed by atoms with Gasteiger partial charge in [0.05, 0.1) is 12.0 Å². The molecule has 0 atom stereocenters. The minimum Gasteiger partial charge on any atom is -0.461 e. The number of rotatable bonds is 2. The van der Waals surface area contributed by atoms with Crippen molar-refractivity contribution in [2.45, 2.75) is 6.92 Å². The van der Waals surface area contributed by atoms with Gasteiger partial charge in [0.1, 0.15) is 5.82 Å². The number of hydrogen-bond acceptors (Lipinski definition) is 3. The predicted molar refractivity (Wildman–Crippen MR) is 61.0 cm³/mol. The molecule has 0 spiro atoms. The number of amidine groups is 1. The number of aryl methyl sites for hydroxylation is 1. The lowest BCUT2D eigenvalue weighted by molar-refractivity contribution is 0.233. The third-order valence-corrected chi connectivity index (χ3v) is 2.24. The van der Waals surface area contributed by atoms with Crippen molar-refractivity contribution >= 4 is 11.5 Å². The summed E-state index contributed by atoms with van der Waals surface area (Å²) in [7, 11) is 0. The van der Waals surface area contributed by atoms with Gasteiger partial charge in [0.15, 0.2) is 11.6 Å². The molecule has 5 heteroatoms. The summed E-state index contributed by atoms with van der Waals surface area (Å²) >= 11 is 0. The maximum atomic E-state index is 13.1. The van der Waals surface area contributed by atoms with Crippen molar-refractivity contribution in [3.8, 4) is 0 Å². The lowest BCUT2D eigenvalue weighted by atomic mass is 10.2. The van der Waals surface area contributed by atoms with E-state index in [0.29, 0.717) is 17.0 Å². The standard InChI is InChI=1S/C12H11FN2O2/c1-8-7-9(4-5-10(8)13)14-12(15-16)11-3-2-6-17-11/h2-7,16H,1H3,(H,14,15). The molecule has 2 rings (SSSR count). The zero-order valence-corrected chi connectivity index (χ0v) is 9.14. The highest BCUT2D eigenvalue weighted by atomic mass is 19.1. The van der Waals surface area contributed by atoms with Crippen molar-refractivity contribution in [1.82, 2.24) is 5.48 Å². The molecule has 0 saturated heterocycles. The van der Waals surface area contributed by atoms with E-state index in [1.54, 1.807) is 25.1 Å². The first-order valence-electron chi connectivity index (χ1n) is 4.99. The zero-order valence-electron chi connectivity index (χ0n) is 9.14. The van der Waals surface area contributed by atoms with Crippen molar-refractivity contribution < 1.29 is 14.0 Å². The minimum atomic E-state index is -0.291. The Morgan fingerprint density at radius 3 is 2.82 bits per heavy atom. The molecule has 0 saturated carbocycles. The maximum absolute atomic E-state index is 13.1. The van der Waals surface area contributed by atoms with E-state index < -0.39 is 0 Å². The average Bonchev–Trinajstić information content (AvgIpc) is 2.84. The molecule has 17 heavy (non-hydrogen) atoms. The third kappa shape index (κ3) is 2.51. The van der Waals surface area contributed by atoms with Crippen molar-refractivity contribution in [2.24, 2.45) is 4.99 Å². The van der Waals surface area contributed by atoms with Gasteiger partial charge in [-0.1, -0.05) is 0 Å². The summed E-state index contributed by atoms with van der Waals surface area (Å²) in [4.78, 5) is 4.12. The van der Waals surface area contributed by atoms with Gasteiger partial charge in [-0.05, 0) is 42.8 Å². The van der Waals surface area contributed by atoms with Gasteiger partial charge >= 0.3 is 0 Å². The number of aliphatic imine (C=N–C) groups is 1. The number of hydroxylamine groups is 1. The summed E-state index contributed by atoms with van der Waals surface area (Å²) in [5.74, 6) is 0.274. The Hall–Kier alpha value is -2.14. The molecule has 0 aliphatic heterocycles. The summed E-state index contributed by atoms with van der Waals surface area (Å²) in [6.07, 6.45) is 1.47. The number of furan rings is 1. The Balaban J connectivity index is 2.36. The molecule has 1 aromatic heterocycles. The van der Waals surface area contributed by atoms with Crippen LogP contribution in [-0.4, -0.2) is 11.0 Å². The van der Waals surface area contributed by atoms with Crippen LogP contribution >= 0.6 is 0 Å². The van der Waals surface area contributed by atoms with Crippen LogP contribution in [0.2, 0.25) is 0 Å². The van der Waals surface area contributed by atoms with Gasteiger partial charge in [0, 0.05) is 0 Å². The first-order chi connectivity index (χ1) is 8.20. The Labute approximate surface area is 97.4 Å². The third-order valence-electron chi connectivity index (χ3n) is 2.24. The largest absolute Gasteiger partial charge is 0.461 e. The van der Waals surface area contributed by atoms with E-state index in [2.05, 4.69) is 4.99 Å². The van der Waals surface area contributed by atoms with E-state index in [1.165, 1.54) is 18.4 Å². The van der Waals surface area contributed by atoms with Gasteiger partial charge in [0.2, 0.25) is 0 Å². The molecule has 0 unspecified atom stereocenters. The highest BCUT2D eigenvalue weighted by Gasteiger charge is 2.06. The molecule has 2 N–H and O–H groups in total. The van der Waals surface area contributed by atoms with Crippen LogP contribution in [0, 0.1) is 12.7 Å². The second-order valence-corrected chi connectivity index (χ2v) is 3.48. The summed E-state index contributed by atoms with van der Waals surface area (Å²) in [5, 5.41) is 8.97. The van der Waals surface area contributed by atoms with Gasteiger partial charge in [-0.3, -0.25) is 5.21 Å². The highest BCUT2D eigenvalue weighted by Crippen LogP contribution is 2.17. The lowest BCUT2D eigenvalue weighted by Gasteiger charge is -2.02. The Bertz CT molecular complexity index is 535. The number of nitrogens with one attached hydrogen (secondary N) is 1. The second-order valence-electron chi connectivity index (χ2n) is 3.48. The quantitative estimate of drug-likeness (QED) is 0.477. The molecular weight excluding hydrogens is 223 g/mol. The highest BCUT2D eigenvalue weighted by molar-refractivity contribution is 5.97. The van der Waals surface area contributed by atoms with Crippen molar-refractivity contribution in [1.29, 1.82) is 0 Å². The monoisotopic (exact) mass is 234 g/mol. The topological polar surface area (TPSA) is 57.8 Å². The molecule has 0 fully saturated rings. The summed E-state index contributed by atoms with van der Waals surface area (Å²) < 4.78 is 18.1. The van der Waals surface area contributed by atoms with Crippen molar-refractivity contribution in [3.63, 3.8) is 0 Å². The number of nitrogens with zero attached hydrogens (tertiary/aromatic N) is 1. The van der Waals surface area contributed by atoms with Crippen LogP contribution in [0.1, 0.15) is 11.3 Å². The fraction of sp³-hybridized carbons (Fsp3) is 0.0833. The Morgan fingerprint density at radius 2 is 2.24 bits per heavy atom. The van der Waals surface area contributed by atoms with E-state index in [4.69, 9.17) is 9.62 Å². The molecule has 88 valence electrons.